The van der Waals surface area contributed by atoms with E-state index in [9.17, 15) is 18.0 Å². The summed E-state index contributed by atoms with van der Waals surface area (Å²) < 4.78 is 39.5. The van der Waals surface area contributed by atoms with Gasteiger partial charge in [0.05, 0.1) is 11.3 Å². The Morgan fingerprint density at radius 1 is 1.00 bits per heavy atom. The molecule has 0 saturated heterocycles. The van der Waals surface area contributed by atoms with E-state index in [2.05, 4.69) is 10.3 Å². The average Bonchev–Trinajstić information content (AvgIpc) is 2.92. The second-order valence-electron chi connectivity index (χ2n) is 4.42. The van der Waals surface area contributed by atoms with Crippen LogP contribution in [0, 0.1) is 17.5 Å². The summed E-state index contributed by atoms with van der Waals surface area (Å²) in [6.45, 7) is 0. The van der Waals surface area contributed by atoms with Gasteiger partial charge in [-0.15, -0.1) is 0 Å². The molecule has 106 valence electrons. The normalized spacial score (nSPS) is 10.8. The zero-order valence-corrected chi connectivity index (χ0v) is 10.6. The number of carbonyl (C=O) groups is 1. The number of benzene rings is 2. The molecule has 6 heteroatoms. The highest BCUT2D eigenvalue weighted by Crippen LogP contribution is 2.22. The molecule has 21 heavy (non-hydrogen) atoms. The van der Waals surface area contributed by atoms with Crippen molar-refractivity contribution < 1.29 is 18.0 Å². The van der Waals surface area contributed by atoms with Crippen LogP contribution in [0.4, 0.5) is 18.9 Å². The van der Waals surface area contributed by atoms with Gasteiger partial charge >= 0.3 is 0 Å². The predicted octanol–water partition coefficient (Wildman–Crippen LogP) is 3.84. The standard InChI is InChI=1S/C15H9F3N2O/c16-10-5-6-12(14(18)13(10)17)20-15(21)9-7-19-11-4-2-1-3-8(9)11/h1-7,19H,(H,20,21). The van der Waals surface area contributed by atoms with Crippen molar-refractivity contribution in [3.8, 4) is 0 Å². The minimum absolute atomic E-state index is 0.287. The third-order valence-electron chi connectivity index (χ3n) is 3.12. The number of H-pyrrole nitrogens is 1. The number of aromatic nitrogens is 1. The van der Waals surface area contributed by atoms with Gasteiger partial charge in [-0.25, -0.2) is 13.2 Å². The van der Waals surface area contributed by atoms with Crippen molar-refractivity contribution in [2.24, 2.45) is 0 Å². The summed E-state index contributed by atoms with van der Waals surface area (Å²) in [7, 11) is 0. The summed E-state index contributed by atoms with van der Waals surface area (Å²) >= 11 is 0. The van der Waals surface area contributed by atoms with E-state index < -0.39 is 29.0 Å². The summed E-state index contributed by atoms with van der Waals surface area (Å²) in [5.41, 5.74) is 0.618. The largest absolute Gasteiger partial charge is 0.360 e. The fraction of sp³-hybridized carbons (Fsp3) is 0. The van der Waals surface area contributed by atoms with Crippen LogP contribution >= 0.6 is 0 Å². The van der Waals surface area contributed by atoms with E-state index in [1.54, 1.807) is 24.3 Å². The van der Waals surface area contributed by atoms with Gasteiger partial charge in [-0.05, 0) is 18.2 Å². The zero-order valence-electron chi connectivity index (χ0n) is 10.6. The Morgan fingerprint density at radius 2 is 1.76 bits per heavy atom. The Balaban J connectivity index is 1.95. The van der Waals surface area contributed by atoms with Gasteiger partial charge in [-0.2, -0.15) is 0 Å². The number of aromatic amines is 1. The first-order valence-corrected chi connectivity index (χ1v) is 6.09. The van der Waals surface area contributed by atoms with Crippen molar-refractivity contribution in [1.82, 2.24) is 4.98 Å². The maximum absolute atomic E-state index is 13.5. The number of para-hydroxylation sites is 1. The van der Waals surface area contributed by atoms with Gasteiger partial charge in [0.15, 0.2) is 17.5 Å². The van der Waals surface area contributed by atoms with Crippen LogP contribution in [0.2, 0.25) is 0 Å². The maximum Gasteiger partial charge on any atom is 0.257 e. The number of hydrogen-bond donors (Lipinski definition) is 2. The van der Waals surface area contributed by atoms with E-state index in [-0.39, 0.29) is 5.56 Å². The number of amides is 1. The molecule has 0 unspecified atom stereocenters. The summed E-state index contributed by atoms with van der Waals surface area (Å²) in [5.74, 6) is -4.97. The van der Waals surface area contributed by atoms with Gasteiger partial charge in [0.25, 0.3) is 5.91 Å². The topological polar surface area (TPSA) is 44.9 Å². The summed E-state index contributed by atoms with van der Waals surface area (Å²) in [4.78, 5) is 15.0. The minimum Gasteiger partial charge on any atom is -0.360 e. The molecule has 1 aromatic heterocycles. The van der Waals surface area contributed by atoms with Crippen molar-refractivity contribution in [1.29, 1.82) is 0 Å². The number of carbonyl (C=O) groups excluding carboxylic acids is 1. The molecule has 0 saturated carbocycles. The second-order valence-corrected chi connectivity index (χ2v) is 4.42. The Hall–Kier alpha value is -2.76. The van der Waals surface area contributed by atoms with Crippen molar-refractivity contribution in [2.75, 3.05) is 5.32 Å². The monoisotopic (exact) mass is 290 g/mol. The number of hydrogen-bond acceptors (Lipinski definition) is 1. The molecule has 0 aliphatic rings. The first-order chi connectivity index (χ1) is 10.1. The van der Waals surface area contributed by atoms with Crippen molar-refractivity contribution in [3.05, 3.63) is 65.6 Å². The van der Waals surface area contributed by atoms with Gasteiger partial charge < -0.3 is 10.3 Å². The smallest absolute Gasteiger partial charge is 0.257 e. The van der Waals surface area contributed by atoms with E-state index >= 15 is 0 Å². The summed E-state index contributed by atoms with van der Waals surface area (Å²) in [6.07, 6.45) is 1.47. The molecule has 0 aliphatic heterocycles. The predicted molar refractivity (Wildman–Crippen MR) is 72.6 cm³/mol. The molecule has 0 fully saturated rings. The van der Waals surface area contributed by atoms with Crippen LogP contribution in [-0.4, -0.2) is 10.9 Å². The molecule has 3 rings (SSSR count). The van der Waals surface area contributed by atoms with E-state index in [0.717, 1.165) is 17.6 Å². The molecule has 0 atom stereocenters. The average molecular weight is 290 g/mol. The number of rotatable bonds is 2. The van der Waals surface area contributed by atoms with Crippen LogP contribution in [-0.2, 0) is 0 Å². The third kappa shape index (κ3) is 2.24. The Bertz CT molecular complexity index is 842. The molecule has 0 spiro atoms. The summed E-state index contributed by atoms with van der Waals surface area (Å²) in [6, 6.07) is 8.79. The molecular weight excluding hydrogens is 281 g/mol. The minimum atomic E-state index is -1.62. The van der Waals surface area contributed by atoms with Crippen LogP contribution in [0.25, 0.3) is 10.9 Å². The number of nitrogens with one attached hydrogen (secondary N) is 2. The quantitative estimate of drug-likeness (QED) is 0.692. The Morgan fingerprint density at radius 3 is 2.57 bits per heavy atom. The highest BCUT2D eigenvalue weighted by atomic mass is 19.2. The van der Waals surface area contributed by atoms with Gasteiger partial charge in [-0.1, -0.05) is 18.2 Å². The molecular formula is C15H9F3N2O. The van der Waals surface area contributed by atoms with E-state index in [1.807, 2.05) is 0 Å². The molecule has 2 N–H and O–H groups in total. The molecule has 0 bridgehead atoms. The first-order valence-electron chi connectivity index (χ1n) is 6.09. The molecule has 0 radical (unpaired) electrons. The fourth-order valence-corrected chi connectivity index (χ4v) is 2.07. The van der Waals surface area contributed by atoms with E-state index in [4.69, 9.17) is 0 Å². The van der Waals surface area contributed by atoms with Gasteiger partial charge in [-0.3, -0.25) is 4.79 Å². The zero-order chi connectivity index (χ0) is 15.0. The third-order valence-corrected chi connectivity index (χ3v) is 3.12. The molecule has 1 heterocycles. The fourth-order valence-electron chi connectivity index (χ4n) is 2.07. The van der Waals surface area contributed by atoms with Crippen LogP contribution in [0.5, 0.6) is 0 Å². The molecule has 3 aromatic rings. The van der Waals surface area contributed by atoms with Crippen LogP contribution < -0.4 is 5.32 Å². The molecule has 3 nitrogen and oxygen atoms in total. The lowest BCUT2D eigenvalue weighted by Gasteiger charge is -2.06. The maximum atomic E-state index is 13.5. The van der Waals surface area contributed by atoms with Crippen LogP contribution in [0.15, 0.2) is 42.6 Å². The molecule has 1 amide bonds. The lowest BCUT2D eigenvalue weighted by Crippen LogP contribution is -2.13. The lowest BCUT2D eigenvalue weighted by molar-refractivity contribution is 0.102. The molecule has 2 aromatic carbocycles. The van der Waals surface area contributed by atoms with Crippen molar-refractivity contribution >= 4 is 22.5 Å². The van der Waals surface area contributed by atoms with E-state index in [0.29, 0.717) is 5.39 Å². The van der Waals surface area contributed by atoms with Crippen LogP contribution in [0.3, 0.4) is 0 Å². The SMILES string of the molecule is O=C(Nc1ccc(F)c(F)c1F)c1c[nH]c2ccccc12. The van der Waals surface area contributed by atoms with Crippen molar-refractivity contribution in [2.45, 2.75) is 0 Å². The van der Waals surface area contributed by atoms with Gasteiger partial charge in [0, 0.05) is 17.1 Å². The van der Waals surface area contributed by atoms with Crippen molar-refractivity contribution in [3.63, 3.8) is 0 Å². The Kier molecular flexibility index (Phi) is 3.13. The van der Waals surface area contributed by atoms with Crippen LogP contribution in [0.1, 0.15) is 10.4 Å². The highest BCUT2D eigenvalue weighted by Gasteiger charge is 2.17. The van der Waals surface area contributed by atoms with E-state index in [1.165, 1.54) is 6.20 Å². The number of anilines is 1. The highest BCUT2D eigenvalue weighted by molar-refractivity contribution is 6.12. The van der Waals surface area contributed by atoms with Gasteiger partial charge in [0.1, 0.15) is 0 Å². The number of halogens is 3. The lowest BCUT2D eigenvalue weighted by atomic mass is 10.1. The molecule has 0 aliphatic carbocycles. The first kappa shape index (κ1) is 13.2. The number of fused-ring (bicyclic) bond motifs is 1. The van der Waals surface area contributed by atoms with Gasteiger partial charge in [0.2, 0.25) is 0 Å². The second kappa shape index (κ2) is 4.97. The Labute approximate surface area is 117 Å². The summed E-state index contributed by atoms with van der Waals surface area (Å²) in [5, 5.41) is 2.88.